The molecular formula is C37H37FN2O5. The van der Waals surface area contributed by atoms with Gasteiger partial charge < -0.3 is 19.7 Å². The zero-order valence-electron chi connectivity index (χ0n) is 25.3. The maximum atomic E-state index is 14.5. The summed E-state index contributed by atoms with van der Waals surface area (Å²) in [5.41, 5.74) is 2.74. The summed E-state index contributed by atoms with van der Waals surface area (Å²) in [5, 5.41) is 3.22. The highest BCUT2D eigenvalue weighted by molar-refractivity contribution is 6.12. The average molecular weight is 609 g/mol. The van der Waals surface area contributed by atoms with Crippen molar-refractivity contribution in [1.29, 1.82) is 0 Å². The first-order valence-electron chi connectivity index (χ1n) is 15.3. The molecule has 0 aliphatic heterocycles. The quantitative estimate of drug-likeness (QED) is 0.0957. The van der Waals surface area contributed by atoms with Crippen molar-refractivity contribution < 1.29 is 28.2 Å². The first-order chi connectivity index (χ1) is 21.9. The first-order valence-corrected chi connectivity index (χ1v) is 15.3. The number of rotatable bonds is 14. The summed E-state index contributed by atoms with van der Waals surface area (Å²) in [6, 6.07) is 29.1. The molecule has 1 aliphatic carbocycles. The monoisotopic (exact) mass is 608 g/mol. The van der Waals surface area contributed by atoms with E-state index in [4.69, 9.17) is 9.47 Å². The third-order valence-corrected chi connectivity index (χ3v) is 8.04. The summed E-state index contributed by atoms with van der Waals surface area (Å²) >= 11 is 0. The maximum absolute atomic E-state index is 14.5. The molecule has 5 rings (SSSR count). The Morgan fingerprint density at radius 3 is 2.27 bits per heavy atom. The van der Waals surface area contributed by atoms with E-state index in [1.165, 1.54) is 13.2 Å². The SMILES string of the molecule is COC(=O)[C@H](Cc1ccc(OCCCN(C(=O)C2CCC2)c2ccccc2F)cc1)Nc1ccccc1C(=O)c1ccccc1. The molecule has 45 heavy (non-hydrogen) atoms. The Labute approximate surface area is 263 Å². The smallest absolute Gasteiger partial charge is 0.328 e. The Morgan fingerprint density at radius 2 is 1.58 bits per heavy atom. The summed E-state index contributed by atoms with van der Waals surface area (Å²) in [6.45, 7) is 0.704. The number of para-hydroxylation sites is 2. The van der Waals surface area contributed by atoms with Crippen LogP contribution >= 0.6 is 0 Å². The number of nitrogens with zero attached hydrogens (tertiary/aromatic N) is 1. The van der Waals surface area contributed by atoms with Crippen LogP contribution in [0.4, 0.5) is 15.8 Å². The lowest BCUT2D eigenvalue weighted by molar-refractivity contribution is -0.141. The minimum Gasteiger partial charge on any atom is -0.494 e. The normalized spacial score (nSPS) is 13.3. The van der Waals surface area contributed by atoms with E-state index in [-0.39, 0.29) is 17.6 Å². The Kier molecular flexibility index (Phi) is 10.6. The molecule has 1 amide bonds. The van der Waals surface area contributed by atoms with Crippen molar-refractivity contribution in [3.63, 3.8) is 0 Å². The van der Waals surface area contributed by atoms with E-state index >= 15 is 0 Å². The Morgan fingerprint density at radius 1 is 0.889 bits per heavy atom. The molecule has 0 saturated heterocycles. The number of carbonyl (C=O) groups excluding carboxylic acids is 3. The van der Waals surface area contributed by atoms with Gasteiger partial charge in [0.15, 0.2) is 5.78 Å². The predicted molar refractivity (Wildman–Crippen MR) is 172 cm³/mol. The third-order valence-electron chi connectivity index (χ3n) is 8.04. The van der Waals surface area contributed by atoms with Crippen LogP contribution in [0.3, 0.4) is 0 Å². The molecule has 8 heteroatoms. The second-order valence-corrected chi connectivity index (χ2v) is 11.1. The lowest BCUT2D eigenvalue weighted by atomic mass is 9.84. The fourth-order valence-corrected chi connectivity index (χ4v) is 5.34. The van der Waals surface area contributed by atoms with Crippen molar-refractivity contribution in [3.05, 3.63) is 126 Å². The number of methoxy groups -OCH3 is 1. The van der Waals surface area contributed by atoms with Gasteiger partial charge in [-0.05, 0) is 61.2 Å². The van der Waals surface area contributed by atoms with Gasteiger partial charge in [-0.25, -0.2) is 9.18 Å². The van der Waals surface area contributed by atoms with E-state index in [2.05, 4.69) is 5.32 Å². The fourth-order valence-electron chi connectivity index (χ4n) is 5.34. The fraction of sp³-hybridized carbons (Fsp3) is 0.270. The highest BCUT2D eigenvalue weighted by Gasteiger charge is 2.31. The van der Waals surface area contributed by atoms with Crippen LogP contribution < -0.4 is 15.0 Å². The Bertz CT molecular complexity index is 1600. The number of halogens is 1. The summed E-state index contributed by atoms with van der Waals surface area (Å²) in [7, 11) is 1.34. The molecule has 1 saturated carbocycles. The molecular weight excluding hydrogens is 571 g/mol. The van der Waals surface area contributed by atoms with Crippen molar-refractivity contribution >= 4 is 29.0 Å². The van der Waals surface area contributed by atoms with E-state index in [1.54, 1.807) is 53.4 Å². The number of hydrogen-bond acceptors (Lipinski definition) is 6. The number of carbonyl (C=O) groups is 3. The van der Waals surface area contributed by atoms with Crippen molar-refractivity contribution in [2.24, 2.45) is 5.92 Å². The molecule has 1 aliphatic rings. The number of ketones is 1. The number of ether oxygens (including phenoxy) is 2. The number of anilines is 2. The van der Waals surface area contributed by atoms with Gasteiger partial charge in [-0.2, -0.15) is 0 Å². The molecule has 0 unspecified atom stereocenters. The van der Waals surface area contributed by atoms with Gasteiger partial charge in [0.1, 0.15) is 17.6 Å². The molecule has 4 aromatic rings. The van der Waals surface area contributed by atoms with Gasteiger partial charge in [-0.15, -0.1) is 0 Å². The molecule has 1 atom stereocenters. The standard InChI is InChI=1S/C37H37FN2O5/c1-44-37(43)33(39-32-17-7-5-15-30(32)35(41)27-11-3-2-4-12-27)25-26-19-21-29(22-20-26)45-24-10-23-40(36(42)28-13-9-14-28)34-18-8-6-16-31(34)38/h2-8,11-12,15-22,28,33,39H,9-10,13-14,23-25H2,1H3/t33-/m0/s1. The van der Waals surface area contributed by atoms with E-state index < -0.39 is 17.8 Å². The number of hydrogen-bond donors (Lipinski definition) is 1. The number of nitrogens with one attached hydrogen (secondary N) is 1. The molecule has 0 radical (unpaired) electrons. The van der Waals surface area contributed by atoms with Crippen LogP contribution in [0.2, 0.25) is 0 Å². The molecule has 0 aromatic heterocycles. The van der Waals surface area contributed by atoms with Crippen molar-refractivity contribution in [2.45, 2.75) is 38.1 Å². The van der Waals surface area contributed by atoms with E-state index in [0.29, 0.717) is 54.2 Å². The summed E-state index contributed by atoms with van der Waals surface area (Å²) in [5.74, 6) is -0.437. The van der Waals surface area contributed by atoms with Gasteiger partial charge >= 0.3 is 5.97 Å². The van der Waals surface area contributed by atoms with Gasteiger partial charge in [0.25, 0.3) is 0 Å². The summed E-state index contributed by atoms with van der Waals surface area (Å²) in [4.78, 5) is 40.5. The van der Waals surface area contributed by atoms with Crippen molar-refractivity contribution in [3.8, 4) is 5.75 Å². The lowest BCUT2D eigenvalue weighted by Crippen LogP contribution is -2.40. The van der Waals surface area contributed by atoms with Crippen LogP contribution in [-0.2, 0) is 20.7 Å². The molecule has 4 aromatic carbocycles. The van der Waals surface area contributed by atoms with E-state index in [1.807, 2.05) is 48.5 Å². The van der Waals surface area contributed by atoms with E-state index in [0.717, 1.165) is 24.8 Å². The van der Waals surface area contributed by atoms with Crippen LogP contribution in [0.15, 0.2) is 103 Å². The van der Waals surface area contributed by atoms with Gasteiger partial charge in [-0.3, -0.25) is 9.59 Å². The molecule has 0 spiro atoms. The molecule has 0 bridgehead atoms. The lowest BCUT2D eigenvalue weighted by Gasteiger charge is -2.32. The molecule has 7 nitrogen and oxygen atoms in total. The van der Waals surface area contributed by atoms with Gasteiger partial charge in [0.2, 0.25) is 5.91 Å². The molecule has 1 fully saturated rings. The van der Waals surface area contributed by atoms with Gasteiger partial charge in [0.05, 0.1) is 19.4 Å². The first kappa shape index (κ1) is 31.4. The minimum atomic E-state index is -0.732. The molecule has 1 N–H and O–H groups in total. The summed E-state index contributed by atoms with van der Waals surface area (Å²) in [6.07, 6.45) is 3.57. The second-order valence-electron chi connectivity index (χ2n) is 11.1. The van der Waals surface area contributed by atoms with Crippen molar-refractivity contribution in [2.75, 3.05) is 30.5 Å². The molecule has 232 valence electrons. The van der Waals surface area contributed by atoms with E-state index in [9.17, 15) is 18.8 Å². The van der Waals surface area contributed by atoms with Crippen LogP contribution in [0, 0.1) is 11.7 Å². The van der Waals surface area contributed by atoms with Crippen LogP contribution in [-0.4, -0.2) is 44.0 Å². The Hall–Kier alpha value is -4.98. The summed E-state index contributed by atoms with van der Waals surface area (Å²) < 4.78 is 25.5. The van der Waals surface area contributed by atoms with Gasteiger partial charge in [0, 0.05) is 35.7 Å². The highest BCUT2D eigenvalue weighted by atomic mass is 19.1. The number of esters is 1. The van der Waals surface area contributed by atoms with Gasteiger partial charge in [-0.1, -0.05) is 73.2 Å². The average Bonchev–Trinajstić information content (AvgIpc) is 3.05. The molecule has 0 heterocycles. The number of benzene rings is 4. The van der Waals surface area contributed by atoms with Crippen molar-refractivity contribution in [1.82, 2.24) is 0 Å². The van der Waals surface area contributed by atoms with Crippen LogP contribution in [0.1, 0.15) is 47.2 Å². The second kappa shape index (κ2) is 15.1. The predicted octanol–water partition coefficient (Wildman–Crippen LogP) is 6.86. The maximum Gasteiger partial charge on any atom is 0.328 e. The number of amides is 1. The highest BCUT2D eigenvalue weighted by Crippen LogP contribution is 2.31. The third kappa shape index (κ3) is 7.95. The topological polar surface area (TPSA) is 84.9 Å². The van der Waals surface area contributed by atoms with Crippen LogP contribution in [0.25, 0.3) is 0 Å². The minimum absolute atomic E-state index is 0.0310. The largest absolute Gasteiger partial charge is 0.494 e. The van der Waals surface area contributed by atoms with Crippen LogP contribution in [0.5, 0.6) is 5.75 Å². The zero-order chi connectivity index (χ0) is 31.6. The zero-order valence-corrected chi connectivity index (χ0v) is 25.3. The Balaban J connectivity index is 1.19.